The number of likely N-dealkylation sites (tertiary alicyclic amines) is 1. The van der Waals surface area contributed by atoms with Crippen LogP contribution in [-0.2, 0) is 4.79 Å². The third-order valence-electron chi connectivity index (χ3n) is 5.23. The van der Waals surface area contributed by atoms with Crippen molar-refractivity contribution in [2.24, 2.45) is 10.8 Å². The zero-order valence-electron chi connectivity index (χ0n) is 14.6. The summed E-state index contributed by atoms with van der Waals surface area (Å²) in [5.74, 6) is 0.976. The number of rotatable bonds is 3. The van der Waals surface area contributed by atoms with Crippen molar-refractivity contribution in [2.45, 2.75) is 46.1 Å². The van der Waals surface area contributed by atoms with Gasteiger partial charge in [0.1, 0.15) is 5.75 Å². The number of benzene rings is 1. The molecular formula is C20H27NO2. The van der Waals surface area contributed by atoms with Crippen molar-refractivity contribution in [2.75, 3.05) is 13.7 Å². The van der Waals surface area contributed by atoms with E-state index in [1.807, 2.05) is 30.3 Å². The highest BCUT2D eigenvalue weighted by atomic mass is 16.5. The fourth-order valence-electron chi connectivity index (χ4n) is 4.70. The largest absolute Gasteiger partial charge is 0.497 e. The number of carbonyl (C=O) groups excluding carboxylic acids is 1. The molecule has 3 rings (SSSR count). The van der Waals surface area contributed by atoms with Gasteiger partial charge >= 0.3 is 0 Å². The maximum absolute atomic E-state index is 12.7. The van der Waals surface area contributed by atoms with Crippen LogP contribution in [0.15, 0.2) is 30.3 Å². The monoisotopic (exact) mass is 313 g/mol. The minimum absolute atomic E-state index is 0.146. The highest BCUT2D eigenvalue weighted by Crippen LogP contribution is 2.52. The van der Waals surface area contributed by atoms with Crippen molar-refractivity contribution in [3.8, 4) is 5.75 Å². The first-order chi connectivity index (χ1) is 10.8. The maximum atomic E-state index is 12.7. The van der Waals surface area contributed by atoms with E-state index < -0.39 is 0 Å². The van der Waals surface area contributed by atoms with Crippen LogP contribution in [0.5, 0.6) is 5.75 Å². The molecule has 3 nitrogen and oxygen atoms in total. The molecule has 2 fully saturated rings. The molecule has 0 unspecified atom stereocenters. The van der Waals surface area contributed by atoms with Crippen LogP contribution in [0.25, 0.3) is 6.08 Å². The van der Waals surface area contributed by atoms with Gasteiger partial charge in [-0.25, -0.2) is 0 Å². The number of fused-ring (bicyclic) bond motifs is 2. The lowest BCUT2D eigenvalue weighted by Crippen LogP contribution is -2.36. The van der Waals surface area contributed by atoms with Gasteiger partial charge in [0, 0.05) is 18.7 Å². The van der Waals surface area contributed by atoms with Crippen LogP contribution in [-0.4, -0.2) is 30.5 Å². The summed E-state index contributed by atoms with van der Waals surface area (Å²) in [4.78, 5) is 14.7. The molecule has 0 radical (unpaired) electrons. The third-order valence-corrected chi connectivity index (χ3v) is 5.23. The van der Waals surface area contributed by atoms with Crippen molar-refractivity contribution in [1.29, 1.82) is 0 Å². The summed E-state index contributed by atoms with van der Waals surface area (Å²) < 4.78 is 5.15. The third kappa shape index (κ3) is 3.44. The normalized spacial score (nSPS) is 29.0. The lowest BCUT2D eigenvalue weighted by molar-refractivity contribution is -0.127. The molecule has 23 heavy (non-hydrogen) atoms. The number of nitrogens with zero attached hydrogens (tertiary/aromatic N) is 1. The van der Waals surface area contributed by atoms with Gasteiger partial charge in [0.15, 0.2) is 0 Å². The molecule has 2 aliphatic rings. The second-order valence-electron chi connectivity index (χ2n) is 8.29. The predicted octanol–water partition coefficient (Wildman–Crippen LogP) is 4.14. The topological polar surface area (TPSA) is 29.5 Å². The Morgan fingerprint density at radius 3 is 2.57 bits per heavy atom. The van der Waals surface area contributed by atoms with Crippen molar-refractivity contribution in [3.05, 3.63) is 35.9 Å². The summed E-state index contributed by atoms with van der Waals surface area (Å²) in [6, 6.07) is 8.16. The molecule has 0 aromatic heterocycles. The average Bonchev–Trinajstić information content (AvgIpc) is 2.74. The highest BCUT2D eigenvalue weighted by molar-refractivity contribution is 5.92. The first-order valence-electron chi connectivity index (χ1n) is 8.43. The molecule has 1 saturated carbocycles. The Morgan fingerprint density at radius 2 is 1.91 bits per heavy atom. The molecule has 1 aliphatic heterocycles. The molecule has 2 atom stereocenters. The average molecular weight is 313 g/mol. The molecule has 1 saturated heterocycles. The second kappa shape index (κ2) is 5.70. The van der Waals surface area contributed by atoms with Crippen molar-refractivity contribution >= 4 is 12.0 Å². The summed E-state index contributed by atoms with van der Waals surface area (Å²) in [6.07, 6.45) is 7.10. The molecule has 2 bridgehead atoms. The summed E-state index contributed by atoms with van der Waals surface area (Å²) in [5.41, 5.74) is 1.65. The van der Waals surface area contributed by atoms with Gasteiger partial charge in [-0.2, -0.15) is 0 Å². The van der Waals surface area contributed by atoms with E-state index in [1.54, 1.807) is 13.2 Å². The van der Waals surface area contributed by atoms with Crippen LogP contribution in [0.2, 0.25) is 0 Å². The fourth-order valence-corrected chi connectivity index (χ4v) is 4.70. The van der Waals surface area contributed by atoms with E-state index in [2.05, 4.69) is 25.7 Å². The SMILES string of the molecule is COc1ccc(/C=C/C(=O)N2C[C@@]3(C)C[C@@H]2CC(C)(C)C3)cc1. The van der Waals surface area contributed by atoms with Gasteiger partial charge in [0.25, 0.3) is 0 Å². The minimum Gasteiger partial charge on any atom is -0.497 e. The Kier molecular flexibility index (Phi) is 3.99. The lowest BCUT2D eigenvalue weighted by Gasteiger charge is -2.39. The summed E-state index contributed by atoms with van der Waals surface area (Å²) in [7, 11) is 1.65. The number of amides is 1. The van der Waals surface area contributed by atoms with Gasteiger partial charge < -0.3 is 9.64 Å². The molecule has 1 aromatic rings. The van der Waals surface area contributed by atoms with E-state index in [0.29, 0.717) is 11.5 Å². The van der Waals surface area contributed by atoms with Gasteiger partial charge in [-0.05, 0) is 53.9 Å². The van der Waals surface area contributed by atoms with E-state index in [4.69, 9.17) is 4.74 Å². The number of ether oxygens (including phenoxy) is 1. The number of hydrogen-bond acceptors (Lipinski definition) is 2. The number of methoxy groups -OCH3 is 1. The molecule has 1 aliphatic carbocycles. The van der Waals surface area contributed by atoms with Gasteiger partial charge in [-0.15, -0.1) is 0 Å². The van der Waals surface area contributed by atoms with E-state index >= 15 is 0 Å². The Morgan fingerprint density at radius 1 is 1.22 bits per heavy atom. The smallest absolute Gasteiger partial charge is 0.246 e. The van der Waals surface area contributed by atoms with Crippen LogP contribution in [0.3, 0.4) is 0 Å². The van der Waals surface area contributed by atoms with Gasteiger partial charge in [0.05, 0.1) is 7.11 Å². The van der Waals surface area contributed by atoms with Gasteiger partial charge in [-0.3, -0.25) is 4.79 Å². The summed E-state index contributed by atoms with van der Waals surface area (Å²) >= 11 is 0. The highest BCUT2D eigenvalue weighted by Gasteiger charge is 2.50. The maximum Gasteiger partial charge on any atom is 0.246 e. The van der Waals surface area contributed by atoms with Crippen LogP contribution >= 0.6 is 0 Å². The van der Waals surface area contributed by atoms with Gasteiger partial charge in [-0.1, -0.05) is 32.9 Å². The van der Waals surface area contributed by atoms with E-state index in [9.17, 15) is 4.79 Å². The Bertz CT molecular complexity index is 617. The minimum atomic E-state index is 0.146. The zero-order chi connectivity index (χ0) is 16.7. The quantitative estimate of drug-likeness (QED) is 0.785. The second-order valence-corrected chi connectivity index (χ2v) is 8.29. The first-order valence-corrected chi connectivity index (χ1v) is 8.43. The van der Waals surface area contributed by atoms with Crippen LogP contribution < -0.4 is 4.74 Å². The van der Waals surface area contributed by atoms with E-state index in [-0.39, 0.29) is 11.3 Å². The fraction of sp³-hybridized carbons (Fsp3) is 0.550. The Labute approximate surface area is 139 Å². The Hall–Kier alpha value is -1.77. The van der Waals surface area contributed by atoms with Crippen LogP contribution in [0.1, 0.15) is 45.6 Å². The van der Waals surface area contributed by atoms with E-state index in [1.165, 1.54) is 6.42 Å². The zero-order valence-corrected chi connectivity index (χ0v) is 14.6. The van der Waals surface area contributed by atoms with Crippen LogP contribution in [0, 0.1) is 10.8 Å². The lowest BCUT2D eigenvalue weighted by atomic mass is 9.65. The van der Waals surface area contributed by atoms with E-state index in [0.717, 1.165) is 30.7 Å². The molecule has 1 amide bonds. The van der Waals surface area contributed by atoms with Crippen molar-refractivity contribution < 1.29 is 9.53 Å². The standard InChI is InChI=1S/C20H27NO2/c1-19(2)11-16-12-20(3,13-19)14-21(16)18(22)10-7-15-5-8-17(23-4)9-6-15/h5-10,16H,11-14H2,1-4H3/b10-7+/t16-,20-/m0/s1. The van der Waals surface area contributed by atoms with Crippen molar-refractivity contribution in [3.63, 3.8) is 0 Å². The van der Waals surface area contributed by atoms with Crippen molar-refractivity contribution in [1.82, 2.24) is 4.90 Å². The first kappa shape index (κ1) is 16.1. The molecule has 3 heteroatoms. The number of hydrogen-bond donors (Lipinski definition) is 0. The Balaban J connectivity index is 1.70. The molecule has 0 spiro atoms. The van der Waals surface area contributed by atoms with Crippen LogP contribution in [0.4, 0.5) is 0 Å². The molecule has 124 valence electrons. The molecule has 1 heterocycles. The molecular weight excluding hydrogens is 286 g/mol. The molecule has 0 N–H and O–H groups in total. The summed E-state index contributed by atoms with van der Waals surface area (Å²) in [6.45, 7) is 7.89. The summed E-state index contributed by atoms with van der Waals surface area (Å²) in [5, 5.41) is 0. The van der Waals surface area contributed by atoms with Gasteiger partial charge in [0.2, 0.25) is 5.91 Å². The number of carbonyl (C=O) groups is 1. The molecule has 1 aromatic carbocycles. The predicted molar refractivity (Wildman–Crippen MR) is 93.3 cm³/mol.